The van der Waals surface area contributed by atoms with Crippen LogP contribution in [0.4, 0.5) is 0 Å². The molecule has 2 aliphatic heterocycles. The van der Waals surface area contributed by atoms with E-state index in [0.29, 0.717) is 24.7 Å². The van der Waals surface area contributed by atoms with Gasteiger partial charge in [-0.1, -0.05) is 195 Å². The molecule has 12 N–H and O–H groups in total. The van der Waals surface area contributed by atoms with Gasteiger partial charge in [-0.15, -0.1) is 0 Å². The van der Waals surface area contributed by atoms with Crippen LogP contribution in [0.3, 0.4) is 0 Å². The molecule has 83 heavy (non-hydrogen) atoms. The maximum Gasteiger partial charge on any atom is 0.472 e. The van der Waals surface area contributed by atoms with Crippen LogP contribution < -0.4 is 0 Å². The fourth-order valence-electron chi connectivity index (χ4n) is 11.0. The Morgan fingerprint density at radius 1 is 0.446 bits per heavy atom. The summed E-state index contributed by atoms with van der Waals surface area (Å²) < 4.78 is 58.3. The molecule has 0 aromatic rings. The van der Waals surface area contributed by atoms with Gasteiger partial charge in [0.25, 0.3) is 0 Å². The molecule has 0 radical (unpaired) electrons. The predicted octanol–water partition coefficient (Wildman–Crippen LogP) is 5.43. The normalized spacial score (nSPS) is 31.3. The van der Waals surface area contributed by atoms with E-state index in [4.69, 9.17) is 37.5 Å². The molecule has 0 aromatic heterocycles. The van der Waals surface area contributed by atoms with Crippen molar-refractivity contribution in [2.45, 2.75) is 324 Å². The van der Waals surface area contributed by atoms with E-state index in [1.165, 1.54) is 103 Å². The molecule has 3 fully saturated rings. The maximum atomic E-state index is 14.1. The van der Waals surface area contributed by atoms with Gasteiger partial charge >= 0.3 is 19.8 Å². The third-order valence-electron chi connectivity index (χ3n) is 16.5. The molecule has 0 spiro atoms. The van der Waals surface area contributed by atoms with E-state index in [0.717, 1.165) is 64.2 Å². The Morgan fingerprint density at radius 3 is 1.18 bits per heavy atom. The van der Waals surface area contributed by atoms with Gasteiger partial charge < -0.3 is 89.5 Å². The summed E-state index contributed by atoms with van der Waals surface area (Å²) in [5.74, 6) is 0.0668. The molecule has 18 unspecified atom stereocenters. The second-order valence-corrected chi connectivity index (χ2v) is 25.2. The summed E-state index contributed by atoms with van der Waals surface area (Å²) in [7, 11) is -5.64. The van der Waals surface area contributed by atoms with Crippen molar-refractivity contribution in [3.8, 4) is 0 Å². The summed E-state index contributed by atoms with van der Waals surface area (Å²) in [5, 5.41) is 117. The summed E-state index contributed by atoms with van der Waals surface area (Å²) in [6.45, 7) is 5.67. The molecule has 23 nitrogen and oxygen atoms in total. The molecule has 24 heteroatoms. The first kappa shape index (κ1) is 75.7. The second kappa shape index (κ2) is 42.4. The number of carbonyl (C=O) groups is 2. The lowest BCUT2D eigenvalue weighted by Crippen LogP contribution is -2.69. The highest BCUT2D eigenvalue weighted by Gasteiger charge is 2.58. The van der Waals surface area contributed by atoms with Crippen molar-refractivity contribution < 1.29 is 113 Å². The van der Waals surface area contributed by atoms with Crippen LogP contribution in [0.5, 0.6) is 0 Å². The molecule has 1 saturated carbocycles. The van der Waals surface area contributed by atoms with E-state index in [-0.39, 0.29) is 12.8 Å². The fraction of sp³-hybridized carbons (Fsp3) is 0.966. The maximum absolute atomic E-state index is 14.1. The zero-order valence-electron chi connectivity index (χ0n) is 50.3. The number of carbonyl (C=O) groups excluding carboxylic acids is 2. The van der Waals surface area contributed by atoms with Crippen molar-refractivity contribution >= 4 is 19.8 Å². The largest absolute Gasteiger partial charge is 0.472 e. The zero-order valence-corrected chi connectivity index (χ0v) is 51.2. The number of unbranched alkanes of at least 4 members (excludes halogenated alkanes) is 20. The van der Waals surface area contributed by atoms with Crippen LogP contribution in [0, 0.1) is 11.8 Å². The number of rotatable bonds is 46. The average Bonchev–Trinajstić information content (AvgIpc) is 3.58. The van der Waals surface area contributed by atoms with Crippen molar-refractivity contribution in [3.63, 3.8) is 0 Å². The van der Waals surface area contributed by atoms with Gasteiger partial charge in [0.05, 0.1) is 19.8 Å². The third-order valence-corrected chi connectivity index (χ3v) is 17.4. The first-order valence-corrected chi connectivity index (χ1v) is 33.2. The molecule has 1 aliphatic carbocycles. The van der Waals surface area contributed by atoms with E-state index in [9.17, 15) is 75.2 Å². The SMILES string of the molecule is CCCCCCCCC(C)CCCCCCCCC(=O)OCC(COP(=O)(O)OC1C(OC2OC(CO)C(O)C(O)C2O)C(O)C(O)C(O)C1OC1OC(CO)C(O)C(O)C1O)OC(=O)CCCCCCCCC(C)CCCCCCCC. The second-order valence-electron chi connectivity index (χ2n) is 23.8. The molecule has 490 valence electrons. The summed E-state index contributed by atoms with van der Waals surface area (Å²) in [6.07, 6.45) is -3.49. The molecule has 2 heterocycles. The van der Waals surface area contributed by atoms with Gasteiger partial charge in [0, 0.05) is 12.8 Å². The molecule has 0 aromatic carbocycles. The summed E-state index contributed by atoms with van der Waals surface area (Å²) in [6, 6.07) is 0. The standard InChI is InChI=1S/C59H111O23P/c1-5-7-9-11-17-23-29-39(3)31-25-19-13-15-21-27-33-44(62)75-37-41(77-45(63)34-28-22-16-14-20-26-32-40(4)30-24-18-12-10-8-6-2)38-76-83(73,74)82-57-55(80-58-53(71)48(66)46(64)42(35-60)78-58)51(69)50(68)52(70)56(57)81-59-54(72)49(67)47(65)43(36-61)79-59/h39-43,46-61,64-72H,5-38H2,1-4H3,(H,73,74). The number of hydrogen-bond donors (Lipinski definition) is 12. The van der Waals surface area contributed by atoms with Crippen LogP contribution in [-0.4, -0.2) is 204 Å². The van der Waals surface area contributed by atoms with E-state index < -0.39 is 150 Å². The van der Waals surface area contributed by atoms with E-state index in [2.05, 4.69) is 27.7 Å². The summed E-state index contributed by atoms with van der Waals surface area (Å²) in [5.41, 5.74) is 0. The van der Waals surface area contributed by atoms with E-state index in [1.54, 1.807) is 0 Å². The lowest BCUT2D eigenvalue weighted by atomic mass is 9.84. The van der Waals surface area contributed by atoms with Crippen LogP contribution in [0.15, 0.2) is 0 Å². The highest BCUT2D eigenvalue weighted by Crippen LogP contribution is 2.49. The minimum atomic E-state index is -5.64. The Bertz CT molecular complexity index is 1680. The minimum absolute atomic E-state index is 0.0286. The third kappa shape index (κ3) is 28.2. The Kier molecular flexibility index (Phi) is 38.7. The summed E-state index contributed by atoms with van der Waals surface area (Å²) >= 11 is 0. The summed E-state index contributed by atoms with van der Waals surface area (Å²) in [4.78, 5) is 37.7. The number of ether oxygens (including phenoxy) is 6. The first-order valence-electron chi connectivity index (χ1n) is 31.7. The molecular weight excluding hydrogens is 1110 g/mol. The highest BCUT2D eigenvalue weighted by molar-refractivity contribution is 7.47. The minimum Gasteiger partial charge on any atom is -0.462 e. The Hall–Kier alpha value is -1.55. The van der Waals surface area contributed by atoms with Crippen LogP contribution in [0.1, 0.15) is 220 Å². The van der Waals surface area contributed by atoms with Crippen LogP contribution in [-0.2, 0) is 51.6 Å². The van der Waals surface area contributed by atoms with Gasteiger partial charge in [0.1, 0.15) is 92.1 Å². The predicted molar refractivity (Wildman–Crippen MR) is 305 cm³/mol. The van der Waals surface area contributed by atoms with Crippen molar-refractivity contribution in [1.82, 2.24) is 0 Å². The number of phosphoric ester groups is 1. The van der Waals surface area contributed by atoms with Gasteiger partial charge in [0.2, 0.25) is 0 Å². The fourth-order valence-corrected chi connectivity index (χ4v) is 12.0. The Balaban J connectivity index is 1.69. The molecule has 0 amide bonds. The number of aliphatic hydroxyl groups excluding tert-OH is 11. The van der Waals surface area contributed by atoms with Crippen LogP contribution >= 0.6 is 7.82 Å². The number of esters is 2. The smallest absolute Gasteiger partial charge is 0.462 e. The lowest BCUT2D eigenvalue weighted by Gasteiger charge is -2.49. The van der Waals surface area contributed by atoms with Crippen molar-refractivity contribution in [2.75, 3.05) is 26.4 Å². The van der Waals surface area contributed by atoms with E-state index >= 15 is 0 Å². The van der Waals surface area contributed by atoms with Gasteiger partial charge in [-0.2, -0.15) is 0 Å². The topological polar surface area (TPSA) is 368 Å². The van der Waals surface area contributed by atoms with Crippen LogP contribution in [0.25, 0.3) is 0 Å². The number of aliphatic hydroxyl groups is 11. The van der Waals surface area contributed by atoms with Crippen molar-refractivity contribution in [2.24, 2.45) is 11.8 Å². The first-order chi connectivity index (χ1) is 39.7. The quantitative estimate of drug-likeness (QED) is 0.0205. The molecular formula is C59H111O23P. The lowest BCUT2D eigenvalue weighted by molar-refractivity contribution is -0.360. The average molecular weight is 1220 g/mol. The Morgan fingerprint density at radius 2 is 0.795 bits per heavy atom. The highest BCUT2D eigenvalue weighted by atomic mass is 31.2. The number of hydrogen-bond acceptors (Lipinski definition) is 22. The molecule has 3 rings (SSSR count). The molecule has 18 atom stereocenters. The van der Waals surface area contributed by atoms with Crippen LogP contribution in [0.2, 0.25) is 0 Å². The molecule has 3 aliphatic rings. The number of phosphoric acid groups is 1. The van der Waals surface area contributed by atoms with E-state index in [1.807, 2.05) is 0 Å². The van der Waals surface area contributed by atoms with Gasteiger partial charge in [-0.3, -0.25) is 18.6 Å². The molecule has 0 bridgehead atoms. The van der Waals surface area contributed by atoms with Gasteiger partial charge in [-0.05, 0) is 24.7 Å². The van der Waals surface area contributed by atoms with Gasteiger partial charge in [0.15, 0.2) is 18.7 Å². The molecule has 2 saturated heterocycles. The Labute approximate surface area is 493 Å². The zero-order chi connectivity index (χ0) is 61.3. The van der Waals surface area contributed by atoms with Crippen molar-refractivity contribution in [3.05, 3.63) is 0 Å². The van der Waals surface area contributed by atoms with Crippen molar-refractivity contribution in [1.29, 1.82) is 0 Å². The monoisotopic (exact) mass is 1220 g/mol. The van der Waals surface area contributed by atoms with Gasteiger partial charge in [-0.25, -0.2) is 4.57 Å².